The SMILES string of the molecule is C=C(/C=C\c1oc2ccc(-n3c4ccc(-c5ccccc5-c5ccccn5)cc4c4ncccc43)cc2c1C)c1ccc2c(c1)c1ncccc1n2-c1ccccc1. The number of allylic oxidation sites excluding steroid dienone is 2. The van der Waals surface area contributed by atoms with Crippen LogP contribution in [-0.2, 0) is 0 Å². The minimum Gasteiger partial charge on any atom is -0.456 e. The first-order valence-electron chi connectivity index (χ1n) is 19.4. The molecule has 0 atom stereocenters. The summed E-state index contributed by atoms with van der Waals surface area (Å²) >= 11 is 0. The highest BCUT2D eigenvalue weighted by Crippen LogP contribution is 2.39. The molecule has 0 aliphatic heterocycles. The van der Waals surface area contributed by atoms with Gasteiger partial charge in [-0.3, -0.25) is 15.0 Å². The van der Waals surface area contributed by atoms with Gasteiger partial charge in [-0.15, -0.1) is 0 Å². The van der Waals surface area contributed by atoms with Gasteiger partial charge in [0.1, 0.15) is 11.3 Å². The third-order valence-electron chi connectivity index (χ3n) is 11.3. The number of fused-ring (bicyclic) bond motifs is 7. The number of nitrogens with zero attached hydrogens (tertiary/aromatic N) is 5. The summed E-state index contributed by atoms with van der Waals surface area (Å²) in [5, 5.41) is 3.24. The number of para-hydroxylation sites is 1. The molecule has 0 fully saturated rings. The number of benzene rings is 5. The van der Waals surface area contributed by atoms with Crippen molar-refractivity contribution in [2.75, 3.05) is 0 Å². The molecule has 0 bridgehead atoms. The molecule has 0 aliphatic carbocycles. The fourth-order valence-electron chi connectivity index (χ4n) is 8.45. The molecule has 0 aliphatic rings. The molecule has 0 radical (unpaired) electrons. The molecule has 6 aromatic heterocycles. The van der Waals surface area contributed by atoms with Crippen LogP contribution in [0.4, 0.5) is 0 Å². The second kappa shape index (κ2) is 13.4. The van der Waals surface area contributed by atoms with Crippen molar-refractivity contribution in [3.8, 4) is 33.8 Å². The average molecular weight is 746 g/mol. The first kappa shape index (κ1) is 33.5. The van der Waals surface area contributed by atoms with Crippen molar-refractivity contribution in [2.24, 2.45) is 0 Å². The van der Waals surface area contributed by atoms with Crippen LogP contribution in [0.3, 0.4) is 0 Å². The maximum Gasteiger partial charge on any atom is 0.135 e. The summed E-state index contributed by atoms with van der Waals surface area (Å²) in [5.74, 6) is 0.803. The van der Waals surface area contributed by atoms with E-state index in [1.165, 1.54) is 0 Å². The predicted octanol–water partition coefficient (Wildman–Crippen LogP) is 13.2. The number of furan rings is 1. The Morgan fingerprint density at radius 3 is 1.98 bits per heavy atom. The van der Waals surface area contributed by atoms with Crippen LogP contribution in [0.15, 0.2) is 187 Å². The van der Waals surface area contributed by atoms with Crippen LogP contribution in [0.2, 0.25) is 0 Å². The molecule has 0 saturated heterocycles. The molecule has 0 spiro atoms. The first-order chi connectivity index (χ1) is 28.6. The minimum atomic E-state index is 0.803. The predicted molar refractivity (Wildman–Crippen MR) is 238 cm³/mol. The van der Waals surface area contributed by atoms with Gasteiger partial charge < -0.3 is 13.6 Å². The lowest BCUT2D eigenvalue weighted by Gasteiger charge is -2.11. The highest BCUT2D eigenvalue weighted by molar-refractivity contribution is 6.10. The molecule has 6 nitrogen and oxygen atoms in total. The van der Waals surface area contributed by atoms with Crippen LogP contribution >= 0.6 is 0 Å². The van der Waals surface area contributed by atoms with E-state index in [-0.39, 0.29) is 0 Å². The van der Waals surface area contributed by atoms with E-state index in [0.29, 0.717) is 0 Å². The molecule has 0 unspecified atom stereocenters. The number of aromatic nitrogens is 5. The van der Waals surface area contributed by atoms with Gasteiger partial charge in [0.05, 0.1) is 38.8 Å². The minimum absolute atomic E-state index is 0.803. The van der Waals surface area contributed by atoms with Crippen molar-refractivity contribution in [3.05, 3.63) is 200 Å². The average Bonchev–Trinajstić information content (AvgIpc) is 3.92. The van der Waals surface area contributed by atoms with Crippen molar-refractivity contribution >= 4 is 66.5 Å². The molecule has 11 aromatic rings. The van der Waals surface area contributed by atoms with Gasteiger partial charge in [-0.25, -0.2) is 0 Å². The van der Waals surface area contributed by atoms with E-state index in [2.05, 4.69) is 149 Å². The second-order valence-electron chi connectivity index (χ2n) is 14.6. The third-order valence-corrected chi connectivity index (χ3v) is 11.3. The topological polar surface area (TPSA) is 61.7 Å². The normalized spacial score (nSPS) is 11.9. The van der Waals surface area contributed by atoms with E-state index in [1.54, 1.807) is 0 Å². The Morgan fingerprint density at radius 1 is 0.552 bits per heavy atom. The number of hydrogen-bond donors (Lipinski definition) is 0. The van der Waals surface area contributed by atoms with Gasteiger partial charge in [0.2, 0.25) is 0 Å². The smallest absolute Gasteiger partial charge is 0.135 e. The van der Waals surface area contributed by atoms with Crippen molar-refractivity contribution in [2.45, 2.75) is 6.92 Å². The number of aryl methyl sites for hydroxylation is 1. The third kappa shape index (κ3) is 5.38. The van der Waals surface area contributed by atoms with E-state index in [9.17, 15) is 0 Å². The van der Waals surface area contributed by atoms with Crippen LogP contribution in [0, 0.1) is 6.92 Å². The summed E-state index contributed by atoms with van der Waals surface area (Å²) in [4.78, 5) is 14.3. The quantitative estimate of drug-likeness (QED) is 0.152. The van der Waals surface area contributed by atoms with Crippen LogP contribution < -0.4 is 0 Å². The van der Waals surface area contributed by atoms with Crippen molar-refractivity contribution in [1.82, 2.24) is 24.1 Å². The second-order valence-corrected chi connectivity index (χ2v) is 14.6. The standard InChI is InChI=1S/C52H35N5O/c1-33(35-20-23-45-42(30-35)51-47(17-10-28-54-51)56(45)37-12-4-3-5-13-37)19-25-49-34(2)41-32-38(22-26-50(41)58-49)57-46-24-21-36(31-43(46)52-48(57)18-11-29-55-52)39-14-6-7-15-40(39)44-16-8-9-27-53-44/h3-32H,1H2,2H3/b25-19-. The Bertz CT molecular complexity index is 3420. The summed E-state index contributed by atoms with van der Waals surface area (Å²) in [6.45, 7) is 6.58. The molecule has 274 valence electrons. The Kier molecular flexibility index (Phi) is 7.76. The van der Waals surface area contributed by atoms with Crippen LogP contribution in [-0.4, -0.2) is 24.1 Å². The molecule has 58 heavy (non-hydrogen) atoms. The monoisotopic (exact) mass is 745 g/mol. The van der Waals surface area contributed by atoms with Crippen LogP contribution in [0.25, 0.3) is 100 Å². The van der Waals surface area contributed by atoms with E-state index in [0.717, 1.165) is 111 Å². The molecular weight excluding hydrogens is 711 g/mol. The van der Waals surface area contributed by atoms with Crippen molar-refractivity contribution < 1.29 is 4.42 Å². The molecule has 11 rings (SSSR count). The number of pyridine rings is 3. The van der Waals surface area contributed by atoms with Crippen molar-refractivity contribution in [3.63, 3.8) is 0 Å². The summed E-state index contributed by atoms with van der Waals surface area (Å²) in [5.41, 5.74) is 16.5. The van der Waals surface area contributed by atoms with E-state index in [4.69, 9.17) is 14.4 Å². The van der Waals surface area contributed by atoms with Crippen LogP contribution in [0.1, 0.15) is 16.9 Å². The Labute approximate surface area is 334 Å². The Morgan fingerprint density at radius 2 is 1.22 bits per heavy atom. The lowest BCUT2D eigenvalue weighted by molar-refractivity contribution is 0.601. The zero-order chi connectivity index (χ0) is 38.7. The molecule has 5 aromatic carbocycles. The molecule has 6 heteroatoms. The zero-order valence-electron chi connectivity index (χ0n) is 31.7. The first-order valence-corrected chi connectivity index (χ1v) is 19.4. The van der Waals surface area contributed by atoms with Gasteiger partial charge in [-0.05, 0) is 126 Å². The summed E-state index contributed by atoms with van der Waals surface area (Å²) in [6.07, 6.45) is 9.64. The van der Waals surface area contributed by atoms with Gasteiger partial charge in [0.15, 0.2) is 0 Å². The van der Waals surface area contributed by atoms with E-state index >= 15 is 0 Å². The fraction of sp³-hybridized carbons (Fsp3) is 0.0192. The maximum absolute atomic E-state index is 6.46. The zero-order valence-corrected chi connectivity index (χ0v) is 31.7. The summed E-state index contributed by atoms with van der Waals surface area (Å²) in [7, 11) is 0. The van der Waals surface area contributed by atoms with E-state index < -0.39 is 0 Å². The highest BCUT2D eigenvalue weighted by Gasteiger charge is 2.18. The van der Waals surface area contributed by atoms with Gasteiger partial charge in [0, 0.05) is 57.3 Å². The van der Waals surface area contributed by atoms with Crippen LogP contribution in [0.5, 0.6) is 0 Å². The van der Waals surface area contributed by atoms with Gasteiger partial charge in [-0.2, -0.15) is 0 Å². The van der Waals surface area contributed by atoms with Gasteiger partial charge in [-0.1, -0.05) is 73.3 Å². The summed E-state index contributed by atoms with van der Waals surface area (Å²) < 4.78 is 11.0. The van der Waals surface area contributed by atoms with Gasteiger partial charge >= 0.3 is 0 Å². The molecule has 0 amide bonds. The largest absolute Gasteiger partial charge is 0.456 e. The molecule has 6 heterocycles. The lowest BCUT2D eigenvalue weighted by Crippen LogP contribution is -1.94. The number of hydrogen-bond acceptors (Lipinski definition) is 4. The van der Waals surface area contributed by atoms with E-state index in [1.807, 2.05) is 61.1 Å². The number of rotatable bonds is 7. The Balaban J connectivity index is 0.948. The molecule has 0 saturated carbocycles. The fourth-order valence-corrected chi connectivity index (χ4v) is 8.45. The van der Waals surface area contributed by atoms with Gasteiger partial charge in [0.25, 0.3) is 0 Å². The summed E-state index contributed by atoms with van der Waals surface area (Å²) in [6, 6.07) is 52.7. The lowest BCUT2D eigenvalue weighted by atomic mass is 9.96. The highest BCUT2D eigenvalue weighted by atomic mass is 16.3. The van der Waals surface area contributed by atoms with Crippen molar-refractivity contribution in [1.29, 1.82) is 0 Å². The molecular formula is C52H35N5O. The maximum atomic E-state index is 6.46. The molecule has 0 N–H and O–H groups in total. The Hall–Kier alpha value is -7.83.